The second-order valence-electron chi connectivity index (χ2n) is 5.70. The van der Waals surface area contributed by atoms with Gasteiger partial charge in [-0.2, -0.15) is 0 Å². The fourth-order valence-corrected chi connectivity index (χ4v) is 3.13. The van der Waals surface area contributed by atoms with Crippen molar-refractivity contribution in [3.8, 4) is 0 Å². The highest BCUT2D eigenvalue weighted by molar-refractivity contribution is 5.91. The minimum Gasteiger partial charge on any atom is -0.469 e. The van der Waals surface area contributed by atoms with Crippen LogP contribution in [0.2, 0.25) is 0 Å². The normalized spacial score (nSPS) is 12.3. The second kappa shape index (κ2) is 6.69. The minimum atomic E-state index is -0.303. The van der Waals surface area contributed by atoms with Crippen LogP contribution in [0.5, 0.6) is 0 Å². The van der Waals surface area contributed by atoms with Gasteiger partial charge in [0.25, 0.3) is 0 Å². The average molecular weight is 307 g/mol. The second-order valence-corrected chi connectivity index (χ2v) is 5.70. The lowest BCUT2D eigenvalue weighted by molar-refractivity contribution is -0.142. The van der Waals surface area contributed by atoms with Crippen LogP contribution in [0.25, 0.3) is 10.9 Å². The number of benzene rings is 2. The Morgan fingerprint density at radius 3 is 2.61 bits per heavy atom. The molecule has 3 aromatic rings. The van der Waals surface area contributed by atoms with Crippen molar-refractivity contribution in [1.82, 2.24) is 4.98 Å². The zero-order valence-electron chi connectivity index (χ0n) is 13.5. The number of hydrogen-bond acceptors (Lipinski definition) is 2. The Balaban J connectivity index is 2.05. The molecule has 0 radical (unpaired) electrons. The summed E-state index contributed by atoms with van der Waals surface area (Å²) in [5, 5.41) is 1.11. The molecule has 23 heavy (non-hydrogen) atoms. The van der Waals surface area contributed by atoms with Crippen molar-refractivity contribution in [2.45, 2.75) is 25.7 Å². The standard InChI is InChI=1S/C20H21NO2/c1-3-15-10-7-11-16-18(13-21-19(15)16)17(20(22)23-2)12-14-8-5-4-6-9-14/h4-11,13,17,21H,3,12H2,1-2H3. The molecule has 0 aliphatic heterocycles. The molecule has 1 aromatic heterocycles. The Kier molecular flexibility index (Phi) is 4.47. The van der Waals surface area contributed by atoms with Gasteiger partial charge in [0.15, 0.2) is 0 Å². The molecular weight excluding hydrogens is 286 g/mol. The van der Waals surface area contributed by atoms with Crippen LogP contribution in [-0.2, 0) is 22.4 Å². The Morgan fingerprint density at radius 1 is 1.13 bits per heavy atom. The van der Waals surface area contributed by atoms with E-state index in [1.807, 2.05) is 36.5 Å². The summed E-state index contributed by atoms with van der Waals surface area (Å²) >= 11 is 0. The van der Waals surface area contributed by atoms with E-state index >= 15 is 0 Å². The summed E-state index contributed by atoms with van der Waals surface area (Å²) in [4.78, 5) is 15.7. The van der Waals surface area contributed by atoms with E-state index in [0.29, 0.717) is 6.42 Å². The molecule has 1 heterocycles. The van der Waals surface area contributed by atoms with Crippen LogP contribution in [0, 0.1) is 0 Å². The molecular formula is C20H21NO2. The van der Waals surface area contributed by atoms with E-state index in [-0.39, 0.29) is 11.9 Å². The molecule has 0 amide bonds. The Labute approximate surface area is 136 Å². The maximum absolute atomic E-state index is 12.4. The number of fused-ring (bicyclic) bond motifs is 1. The first-order valence-electron chi connectivity index (χ1n) is 7.95. The molecule has 3 rings (SSSR count). The maximum atomic E-state index is 12.4. The quantitative estimate of drug-likeness (QED) is 0.717. The molecule has 1 atom stereocenters. The van der Waals surface area contributed by atoms with Crippen LogP contribution in [-0.4, -0.2) is 18.1 Å². The van der Waals surface area contributed by atoms with E-state index in [1.54, 1.807) is 0 Å². The number of nitrogens with one attached hydrogen (secondary N) is 1. The SMILES string of the molecule is CCc1cccc2c(C(Cc3ccccc3)C(=O)OC)c[nH]c12. The van der Waals surface area contributed by atoms with Gasteiger partial charge in [-0.3, -0.25) is 4.79 Å². The summed E-state index contributed by atoms with van der Waals surface area (Å²) in [6.07, 6.45) is 3.55. The van der Waals surface area contributed by atoms with Crippen molar-refractivity contribution >= 4 is 16.9 Å². The summed E-state index contributed by atoms with van der Waals surface area (Å²) in [6.45, 7) is 2.14. The van der Waals surface area contributed by atoms with Gasteiger partial charge >= 0.3 is 5.97 Å². The van der Waals surface area contributed by atoms with Gasteiger partial charge in [-0.15, -0.1) is 0 Å². The smallest absolute Gasteiger partial charge is 0.313 e. The average Bonchev–Trinajstić information content (AvgIpc) is 3.03. The highest BCUT2D eigenvalue weighted by atomic mass is 16.5. The van der Waals surface area contributed by atoms with Crippen molar-refractivity contribution < 1.29 is 9.53 Å². The number of methoxy groups -OCH3 is 1. The third-order valence-corrected chi connectivity index (χ3v) is 4.36. The molecule has 2 aromatic carbocycles. The Bertz CT molecular complexity index is 805. The van der Waals surface area contributed by atoms with Gasteiger partial charge in [-0.05, 0) is 29.5 Å². The van der Waals surface area contributed by atoms with Gasteiger partial charge < -0.3 is 9.72 Å². The van der Waals surface area contributed by atoms with Gasteiger partial charge in [0.2, 0.25) is 0 Å². The molecule has 0 saturated carbocycles. The summed E-state index contributed by atoms with van der Waals surface area (Å²) in [5.74, 6) is -0.500. The topological polar surface area (TPSA) is 42.1 Å². The van der Waals surface area contributed by atoms with Crippen LogP contribution in [0.15, 0.2) is 54.7 Å². The monoisotopic (exact) mass is 307 g/mol. The third kappa shape index (κ3) is 3.00. The van der Waals surface area contributed by atoms with Gasteiger partial charge in [-0.25, -0.2) is 0 Å². The van der Waals surface area contributed by atoms with Gasteiger partial charge in [0, 0.05) is 17.1 Å². The van der Waals surface area contributed by atoms with Gasteiger partial charge in [-0.1, -0.05) is 55.5 Å². The molecule has 118 valence electrons. The van der Waals surface area contributed by atoms with E-state index in [2.05, 4.69) is 30.1 Å². The largest absolute Gasteiger partial charge is 0.469 e. The molecule has 3 nitrogen and oxygen atoms in total. The van der Waals surface area contributed by atoms with Crippen molar-refractivity contribution in [2.24, 2.45) is 0 Å². The zero-order valence-corrected chi connectivity index (χ0v) is 13.5. The number of esters is 1. The molecule has 0 fully saturated rings. The van der Waals surface area contributed by atoms with Gasteiger partial charge in [0.1, 0.15) is 0 Å². The van der Waals surface area contributed by atoms with Crippen molar-refractivity contribution in [1.29, 1.82) is 0 Å². The summed E-state index contributed by atoms with van der Waals surface area (Å²) in [6, 6.07) is 16.3. The number of aromatic amines is 1. The van der Waals surface area contributed by atoms with Gasteiger partial charge in [0.05, 0.1) is 13.0 Å². The number of aryl methyl sites for hydroxylation is 1. The number of para-hydroxylation sites is 1. The number of aromatic nitrogens is 1. The zero-order chi connectivity index (χ0) is 16.2. The van der Waals surface area contributed by atoms with E-state index < -0.39 is 0 Å². The molecule has 1 unspecified atom stereocenters. The van der Waals surface area contributed by atoms with E-state index in [0.717, 1.165) is 28.5 Å². The van der Waals surface area contributed by atoms with Crippen LogP contribution < -0.4 is 0 Å². The minimum absolute atomic E-state index is 0.198. The summed E-state index contributed by atoms with van der Waals surface area (Å²) in [5.41, 5.74) is 4.51. The molecule has 0 aliphatic rings. The molecule has 0 aliphatic carbocycles. The van der Waals surface area contributed by atoms with Crippen molar-refractivity contribution in [3.63, 3.8) is 0 Å². The number of carbonyl (C=O) groups excluding carboxylic acids is 1. The number of hydrogen-bond donors (Lipinski definition) is 1. The molecule has 1 N–H and O–H groups in total. The van der Waals surface area contributed by atoms with E-state index in [4.69, 9.17) is 4.74 Å². The molecule has 3 heteroatoms. The highest BCUT2D eigenvalue weighted by Crippen LogP contribution is 2.31. The Hall–Kier alpha value is -2.55. The van der Waals surface area contributed by atoms with E-state index in [1.165, 1.54) is 12.7 Å². The fraction of sp³-hybridized carbons (Fsp3) is 0.250. The first-order chi connectivity index (χ1) is 11.2. The lowest BCUT2D eigenvalue weighted by atomic mass is 9.91. The predicted octanol–water partition coefficient (Wildman–Crippen LogP) is 4.23. The van der Waals surface area contributed by atoms with Crippen LogP contribution >= 0.6 is 0 Å². The van der Waals surface area contributed by atoms with E-state index in [9.17, 15) is 4.79 Å². The Morgan fingerprint density at radius 2 is 1.91 bits per heavy atom. The first-order valence-corrected chi connectivity index (χ1v) is 7.95. The molecule has 0 bridgehead atoms. The van der Waals surface area contributed by atoms with Crippen molar-refractivity contribution in [3.05, 3.63) is 71.4 Å². The molecule has 0 saturated heterocycles. The summed E-state index contributed by atoms with van der Waals surface area (Å²) < 4.78 is 5.06. The number of H-pyrrole nitrogens is 1. The lowest BCUT2D eigenvalue weighted by Crippen LogP contribution is -2.16. The predicted molar refractivity (Wildman–Crippen MR) is 92.6 cm³/mol. The van der Waals surface area contributed by atoms with Crippen LogP contribution in [0.1, 0.15) is 29.5 Å². The number of carbonyl (C=O) groups is 1. The maximum Gasteiger partial charge on any atom is 0.313 e. The third-order valence-electron chi connectivity index (χ3n) is 4.36. The summed E-state index contributed by atoms with van der Waals surface area (Å²) in [7, 11) is 1.45. The first kappa shape index (κ1) is 15.3. The van der Waals surface area contributed by atoms with Crippen molar-refractivity contribution in [2.75, 3.05) is 7.11 Å². The molecule has 0 spiro atoms. The number of rotatable bonds is 5. The lowest BCUT2D eigenvalue weighted by Gasteiger charge is -2.14. The van der Waals surface area contributed by atoms with Crippen LogP contribution in [0.3, 0.4) is 0 Å². The highest BCUT2D eigenvalue weighted by Gasteiger charge is 2.25. The number of ether oxygens (including phenoxy) is 1. The fourth-order valence-electron chi connectivity index (χ4n) is 3.13. The van der Waals surface area contributed by atoms with Crippen LogP contribution in [0.4, 0.5) is 0 Å².